The van der Waals surface area contributed by atoms with E-state index in [2.05, 4.69) is 10.3 Å². The summed E-state index contributed by atoms with van der Waals surface area (Å²) in [6, 6.07) is 5.03. The number of imidazole rings is 1. The van der Waals surface area contributed by atoms with Crippen molar-refractivity contribution in [1.82, 2.24) is 14.9 Å². The molecule has 6 nitrogen and oxygen atoms in total. The maximum absolute atomic E-state index is 12.2. The zero-order chi connectivity index (χ0) is 15.7. The predicted octanol–water partition coefficient (Wildman–Crippen LogP) is 1.48. The van der Waals surface area contributed by atoms with Crippen molar-refractivity contribution in [2.45, 2.75) is 31.7 Å². The van der Waals surface area contributed by atoms with Crippen LogP contribution in [0.1, 0.15) is 30.9 Å². The highest BCUT2D eigenvalue weighted by atomic mass is 35.5. The minimum absolute atomic E-state index is 0.239. The number of benzene rings is 1. The molecule has 2 heterocycles. The van der Waals surface area contributed by atoms with Crippen molar-refractivity contribution in [3.63, 3.8) is 0 Å². The van der Waals surface area contributed by atoms with Crippen molar-refractivity contribution in [1.29, 1.82) is 0 Å². The van der Waals surface area contributed by atoms with Crippen LogP contribution in [0.4, 0.5) is 0 Å². The largest absolute Gasteiger partial charge is 0.327 e. The first-order valence-corrected chi connectivity index (χ1v) is 7.76. The second-order valence-corrected chi connectivity index (χ2v) is 5.79. The van der Waals surface area contributed by atoms with Crippen LogP contribution in [0, 0.1) is 0 Å². The molecule has 0 bridgehead atoms. The Bertz CT molecular complexity index is 793. The van der Waals surface area contributed by atoms with Crippen LogP contribution in [0.5, 0.6) is 0 Å². The van der Waals surface area contributed by atoms with Crippen LogP contribution in [0.15, 0.2) is 23.0 Å². The van der Waals surface area contributed by atoms with Crippen LogP contribution in [-0.2, 0) is 16.0 Å². The van der Waals surface area contributed by atoms with Crippen molar-refractivity contribution >= 4 is 34.4 Å². The van der Waals surface area contributed by atoms with Gasteiger partial charge in [0.05, 0.1) is 11.0 Å². The molecule has 2 aromatic rings. The van der Waals surface area contributed by atoms with Crippen molar-refractivity contribution in [2.75, 3.05) is 5.88 Å². The van der Waals surface area contributed by atoms with E-state index in [1.54, 1.807) is 0 Å². The Hall–Kier alpha value is -2.08. The summed E-state index contributed by atoms with van der Waals surface area (Å²) in [7, 11) is 0. The van der Waals surface area contributed by atoms with Gasteiger partial charge >= 0.3 is 5.69 Å². The molecule has 1 fully saturated rings. The van der Waals surface area contributed by atoms with Crippen LogP contribution < -0.4 is 11.0 Å². The van der Waals surface area contributed by atoms with Gasteiger partial charge < -0.3 is 4.98 Å². The fraction of sp³-hybridized carbons (Fsp3) is 0.400. The lowest BCUT2D eigenvalue weighted by molar-refractivity contribution is -0.135. The summed E-state index contributed by atoms with van der Waals surface area (Å²) in [6.45, 7) is 0. The third-order valence-electron chi connectivity index (χ3n) is 3.90. The fourth-order valence-electron chi connectivity index (χ4n) is 2.84. The van der Waals surface area contributed by atoms with Gasteiger partial charge in [0.25, 0.3) is 0 Å². The fourth-order valence-corrected chi connectivity index (χ4v) is 2.98. The molecule has 116 valence electrons. The van der Waals surface area contributed by atoms with Crippen molar-refractivity contribution in [3.05, 3.63) is 34.2 Å². The number of hydrogen-bond acceptors (Lipinski definition) is 3. The van der Waals surface area contributed by atoms with Gasteiger partial charge in [0.1, 0.15) is 6.04 Å². The SMILES string of the molecule is O=C1CCC(n2c(=O)[nH]c3cc(CCCCl)ccc32)C(=O)N1. The number of nitrogens with zero attached hydrogens (tertiary/aromatic N) is 1. The van der Waals surface area contributed by atoms with Gasteiger partial charge in [0.15, 0.2) is 0 Å². The number of halogens is 1. The van der Waals surface area contributed by atoms with Gasteiger partial charge in [-0.15, -0.1) is 11.6 Å². The Kier molecular flexibility index (Phi) is 4.02. The minimum atomic E-state index is -0.646. The quantitative estimate of drug-likeness (QED) is 0.661. The standard InChI is InChI=1S/C15H16ClN3O3/c16-7-1-2-9-3-4-11-10(8-9)17-15(22)19(11)12-5-6-13(20)18-14(12)21/h3-4,8,12H,1-2,5-7H2,(H,17,22)(H,18,20,21). The normalized spacial score (nSPS) is 18.7. The number of aromatic amines is 1. The molecule has 2 N–H and O–H groups in total. The number of carbonyl (C=O) groups excluding carboxylic acids is 2. The average Bonchev–Trinajstić information content (AvgIpc) is 2.80. The van der Waals surface area contributed by atoms with E-state index in [9.17, 15) is 14.4 Å². The summed E-state index contributed by atoms with van der Waals surface area (Å²) >= 11 is 5.69. The molecule has 7 heteroatoms. The predicted molar refractivity (Wildman–Crippen MR) is 83.0 cm³/mol. The molecule has 1 saturated heterocycles. The molecule has 1 atom stereocenters. The van der Waals surface area contributed by atoms with Gasteiger partial charge in [-0.1, -0.05) is 6.07 Å². The highest BCUT2D eigenvalue weighted by Crippen LogP contribution is 2.22. The first-order valence-electron chi connectivity index (χ1n) is 7.23. The lowest BCUT2D eigenvalue weighted by Crippen LogP contribution is -2.43. The van der Waals surface area contributed by atoms with Crippen molar-refractivity contribution in [3.8, 4) is 0 Å². The topological polar surface area (TPSA) is 84.0 Å². The first-order chi connectivity index (χ1) is 10.6. The molecule has 0 spiro atoms. The van der Waals surface area contributed by atoms with E-state index in [0.717, 1.165) is 18.4 Å². The second-order valence-electron chi connectivity index (χ2n) is 5.41. The molecular weight excluding hydrogens is 306 g/mol. The van der Waals surface area contributed by atoms with Gasteiger partial charge in [-0.3, -0.25) is 19.5 Å². The number of hydrogen-bond donors (Lipinski definition) is 2. The Morgan fingerprint density at radius 3 is 2.82 bits per heavy atom. The molecule has 0 saturated carbocycles. The number of carbonyl (C=O) groups is 2. The monoisotopic (exact) mass is 321 g/mol. The molecule has 1 aliphatic heterocycles. The molecule has 1 aromatic heterocycles. The van der Waals surface area contributed by atoms with Gasteiger partial charge in [-0.25, -0.2) is 4.79 Å². The Morgan fingerprint density at radius 2 is 2.09 bits per heavy atom. The number of H-pyrrole nitrogens is 1. The van der Waals surface area contributed by atoms with Gasteiger partial charge in [0.2, 0.25) is 11.8 Å². The zero-order valence-corrected chi connectivity index (χ0v) is 12.7. The maximum atomic E-state index is 12.2. The van der Waals surface area contributed by atoms with Gasteiger partial charge in [-0.05, 0) is 37.0 Å². The number of amides is 2. The first kappa shape index (κ1) is 14.8. The second kappa shape index (κ2) is 5.96. The summed E-state index contributed by atoms with van der Waals surface area (Å²) in [5.74, 6) is -0.130. The molecule has 1 aromatic carbocycles. The van der Waals surface area contributed by atoms with E-state index in [1.807, 2.05) is 18.2 Å². The van der Waals surface area contributed by atoms with Gasteiger partial charge in [-0.2, -0.15) is 0 Å². The number of piperidine rings is 1. The highest BCUT2D eigenvalue weighted by molar-refractivity contribution is 6.17. The molecule has 2 amide bonds. The molecule has 3 rings (SSSR count). The molecule has 0 radical (unpaired) electrons. The number of rotatable bonds is 4. The maximum Gasteiger partial charge on any atom is 0.327 e. The van der Waals surface area contributed by atoms with Crippen LogP contribution in [0.2, 0.25) is 0 Å². The molecule has 1 unspecified atom stereocenters. The van der Waals surface area contributed by atoms with Crippen LogP contribution in [-0.4, -0.2) is 27.2 Å². The third kappa shape index (κ3) is 2.66. The smallest absolute Gasteiger partial charge is 0.306 e. The molecule has 22 heavy (non-hydrogen) atoms. The summed E-state index contributed by atoms with van der Waals surface area (Å²) in [4.78, 5) is 38.2. The van der Waals surface area contributed by atoms with Crippen LogP contribution >= 0.6 is 11.6 Å². The lowest BCUT2D eigenvalue weighted by Gasteiger charge is -2.21. The Morgan fingerprint density at radius 1 is 1.27 bits per heavy atom. The van der Waals surface area contributed by atoms with Gasteiger partial charge in [0, 0.05) is 12.3 Å². The van der Waals surface area contributed by atoms with E-state index in [1.165, 1.54) is 4.57 Å². The zero-order valence-electron chi connectivity index (χ0n) is 11.9. The Labute approximate surface area is 131 Å². The summed E-state index contributed by atoms with van der Waals surface area (Å²) < 4.78 is 1.43. The number of fused-ring (bicyclic) bond motifs is 1. The Balaban J connectivity index is 2.00. The number of alkyl halides is 1. The summed E-state index contributed by atoms with van der Waals surface area (Å²) in [6.07, 6.45) is 2.28. The number of aromatic nitrogens is 2. The van der Waals surface area contributed by atoms with Crippen molar-refractivity contribution < 1.29 is 9.59 Å². The number of nitrogens with one attached hydrogen (secondary N) is 2. The number of imide groups is 1. The number of aryl methyl sites for hydroxylation is 1. The minimum Gasteiger partial charge on any atom is -0.306 e. The average molecular weight is 322 g/mol. The van der Waals surface area contributed by atoms with E-state index in [4.69, 9.17) is 11.6 Å². The lowest BCUT2D eigenvalue weighted by atomic mass is 10.1. The highest BCUT2D eigenvalue weighted by Gasteiger charge is 2.30. The van der Waals surface area contributed by atoms with Crippen LogP contribution in [0.25, 0.3) is 11.0 Å². The van der Waals surface area contributed by atoms with E-state index >= 15 is 0 Å². The molecule has 0 aliphatic carbocycles. The third-order valence-corrected chi connectivity index (χ3v) is 4.17. The summed E-state index contributed by atoms with van der Waals surface area (Å²) in [5.41, 5.74) is 2.12. The molecule has 1 aliphatic rings. The van der Waals surface area contributed by atoms with E-state index in [0.29, 0.717) is 23.3 Å². The van der Waals surface area contributed by atoms with E-state index in [-0.39, 0.29) is 18.0 Å². The van der Waals surface area contributed by atoms with Crippen LogP contribution in [0.3, 0.4) is 0 Å². The van der Waals surface area contributed by atoms with E-state index < -0.39 is 11.9 Å². The molecular formula is C15H16ClN3O3. The van der Waals surface area contributed by atoms with Crippen molar-refractivity contribution in [2.24, 2.45) is 0 Å². The summed E-state index contributed by atoms with van der Waals surface area (Å²) in [5, 5.41) is 2.28.